The third-order valence-electron chi connectivity index (χ3n) is 4.96. The van der Waals surface area contributed by atoms with Crippen LogP contribution in [0.15, 0.2) is 0 Å². The second kappa shape index (κ2) is 14.4. The van der Waals surface area contributed by atoms with Gasteiger partial charge in [0, 0.05) is 0 Å². The molecule has 0 aliphatic rings. The molecule has 0 aromatic heterocycles. The molecule has 5 atom stereocenters. The zero-order chi connectivity index (χ0) is 22.5. The summed E-state index contributed by atoms with van der Waals surface area (Å²) in [6.45, 7) is 13.2. The largest absolute Gasteiger partial charge is 0.748 e. The second-order valence-corrected chi connectivity index (χ2v) is 7.98. The summed E-state index contributed by atoms with van der Waals surface area (Å²) in [6.07, 6.45) is -16.4. The lowest BCUT2D eigenvalue weighted by Crippen LogP contribution is -2.47. The van der Waals surface area contributed by atoms with E-state index in [1.807, 2.05) is 0 Å². The quantitative estimate of drug-likeness (QED) is 0.246. The minimum atomic E-state index is -5.16. The van der Waals surface area contributed by atoms with Crippen LogP contribution in [0.4, 0.5) is 26.3 Å². The maximum atomic E-state index is 13.1. The molecule has 0 saturated heterocycles. The highest BCUT2D eigenvalue weighted by atomic mass is 32.2. The van der Waals surface area contributed by atoms with Crippen LogP contribution >= 0.6 is 0 Å². The van der Waals surface area contributed by atoms with Crippen molar-refractivity contribution in [2.45, 2.75) is 71.4 Å². The Morgan fingerprint density at radius 1 is 0.786 bits per heavy atom. The summed E-state index contributed by atoms with van der Waals surface area (Å²) in [5.74, 6) is -1.87. The highest BCUT2D eigenvalue weighted by Gasteiger charge is 2.40. The van der Waals surface area contributed by atoms with Crippen LogP contribution in [-0.4, -0.2) is 86.9 Å². The van der Waals surface area contributed by atoms with Crippen LogP contribution in [-0.2, 0) is 10.1 Å². The van der Waals surface area contributed by atoms with Gasteiger partial charge in [0.05, 0.1) is 48.7 Å². The standard InChI is InChI=1S/C9H14F6O3S.C8H20N/c10-3-1-2-5(11)7(13)9(15)8(14)6(12)4-19(16,17)18;1-5-9(6-2,7-3)8-4/h5-9H,1-4H2,(H,16,17,18);5-8H2,1-4H3/q;+1/p-1. The molecule has 5 unspecified atom stereocenters. The van der Waals surface area contributed by atoms with Gasteiger partial charge in [0.15, 0.2) is 18.5 Å². The van der Waals surface area contributed by atoms with E-state index in [-0.39, 0.29) is 0 Å². The summed E-state index contributed by atoms with van der Waals surface area (Å²) < 4.78 is 108. The summed E-state index contributed by atoms with van der Waals surface area (Å²) in [4.78, 5) is 0. The number of alkyl halides is 6. The normalized spacial score (nSPS) is 17.8. The Hall–Kier alpha value is -0.550. The molecule has 0 fully saturated rings. The molecule has 0 aromatic carbocycles. The minimum Gasteiger partial charge on any atom is -0.748 e. The fraction of sp³-hybridized carbons (Fsp3) is 1.00. The van der Waals surface area contributed by atoms with E-state index in [0.717, 1.165) is 0 Å². The summed E-state index contributed by atoms with van der Waals surface area (Å²) in [5.41, 5.74) is 0. The van der Waals surface area contributed by atoms with Crippen LogP contribution in [0, 0.1) is 0 Å². The monoisotopic (exact) mass is 445 g/mol. The van der Waals surface area contributed by atoms with Crippen molar-refractivity contribution in [3.8, 4) is 0 Å². The topological polar surface area (TPSA) is 57.2 Å². The van der Waals surface area contributed by atoms with E-state index in [2.05, 4.69) is 27.7 Å². The van der Waals surface area contributed by atoms with Gasteiger partial charge in [-0.25, -0.2) is 30.4 Å². The van der Waals surface area contributed by atoms with Crippen molar-refractivity contribution >= 4 is 10.1 Å². The van der Waals surface area contributed by atoms with Crippen LogP contribution in [0.25, 0.3) is 0 Å². The first-order valence-corrected chi connectivity index (χ1v) is 11.0. The molecule has 172 valence electrons. The fourth-order valence-corrected chi connectivity index (χ4v) is 3.21. The van der Waals surface area contributed by atoms with Gasteiger partial charge in [-0.3, -0.25) is 4.39 Å². The molecule has 0 spiro atoms. The number of nitrogens with zero attached hydrogens (tertiary/aromatic N) is 1. The van der Waals surface area contributed by atoms with Gasteiger partial charge >= 0.3 is 0 Å². The average molecular weight is 446 g/mol. The molecular formula is C17H33F6NO3S. The molecule has 0 heterocycles. The molecule has 28 heavy (non-hydrogen) atoms. The minimum absolute atomic E-state index is 0.417. The Morgan fingerprint density at radius 3 is 1.46 bits per heavy atom. The molecule has 0 radical (unpaired) electrons. The first kappa shape index (κ1) is 29.6. The smallest absolute Gasteiger partial charge is 0.168 e. The molecule has 0 bridgehead atoms. The predicted octanol–water partition coefficient (Wildman–Crippen LogP) is 3.85. The number of hydrogen-bond donors (Lipinski definition) is 0. The van der Waals surface area contributed by atoms with Gasteiger partial charge < -0.3 is 9.04 Å². The SMILES string of the molecule is CC[N+](CC)(CC)CC.O=S(=O)([O-])CC(F)C(F)C(F)C(F)C(F)CCCF. The van der Waals surface area contributed by atoms with E-state index in [9.17, 15) is 39.3 Å². The lowest BCUT2D eigenvalue weighted by atomic mass is 10.0. The van der Waals surface area contributed by atoms with E-state index >= 15 is 0 Å². The van der Waals surface area contributed by atoms with Crippen LogP contribution in [0.2, 0.25) is 0 Å². The lowest BCUT2D eigenvalue weighted by molar-refractivity contribution is -0.921. The maximum Gasteiger partial charge on any atom is 0.168 e. The zero-order valence-corrected chi connectivity index (χ0v) is 17.7. The molecule has 11 heteroatoms. The summed E-state index contributed by atoms with van der Waals surface area (Å²) in [6, 6.07) is 0. The van der Waals surface area contributed by atoms with Gasteiger partial charge in [-0.05, 0) is 40.5 Å². The van der Waals surface area contributed by atoms with Crippen LogP contribution < -0.4 is 0 Å². The molecule has 0 N–H and O–H groups in total. The van der Waals surface area contributed by atoms with E-state index in [1.165, 1.54) is 30.7 Å². The molecule has 0 amide bonds. The molecule has 0 rings (SSSR count). The highest BCUT2D eigenvalue weighted by molar-refractivity contribution is 7.85. The van der Waals surface area contributed by atoms with Crippen molar-refractivity contribution in [1.82, 2.24) is 0 Å². The third-order valence-corrected chi connectivity index (χ3v) is 5.69. The number of rotatable bonds is 13. The van der Waals surface area contributed by atoms with Crippen molar-refractivity contribution < 1.29 is 43.8 Å². The Morgan fingerprint density at radius 2 is 1.18 bits per heavy atom. The first-order chi connectivity index (χ1) is 12.8. The van der Waals surface area contributed by atoms with Gasteiger partial charge in [-0.1, -0.05) is 0 Å². The van der Waals surface area contributed by atoms with Crippen molar-refractivity contribution in [3.05, 3.63) is 0 Å². The second-order valence-electron chi connectivity index (χ2n) is 6.53. The van der Waals surface area contributed by atoms with Gasteiger partial charge in [-0.2, -0.15) is 0 Å². The summed E-state index contributed by atoms with van der Waals surface area (Å²) >= 11 is 0. The Labute approximate surface area is 164 Å². The fourth-order valence-electron chi connectivity index (χ4n) is 2.63. The number of quaternary nitrogens is 1. The van der Waals surface area contributed by atoms with Crippen molar-refractivity contribution in [1.29, 1.82) is 0 Å². The average Bonchev–Trinajstić information content (AvgIpc) is 2.65. The van der Waals surface area contributed by atoms with Crippen LogP contribution in [0.5, 0.6) is 0 Å². The molecule has 0 aliphatic carbocycles. The van der Waals surface area contributed by atoms with Crippen molar-refractivity contribution in [3.63, 3.8) is 0 Å². The lowest BCUT2D eigenvalue weighted by Gasteiger charge is -2.34. The Balaban J connectivity index is 0. The van der Waals surface area contributed by atoms with E-state index in [1.54, 1.807) is 0 Å². The first-order valence-electron chi connectivity index (χ1n) is 9.39. The van der Waals surface area contributed by atoms with Crippen molar-refractivity contribution in [2.75, 3.05) is 38.6 Å². The van der Waals surface area contributed by atoms with Crippen molar-refractivity contribution in [2.24, 2.45) is 0 Å². The molecule has 0 aliphatic heterocycles. The zero-order valence-electron chi connectivity index (χ0n) is 16.9. The third kappa shape index (κ3) is 11.5. The molecule has 0 saturated carbocycles. The van der Waals surface area contributed by atoms with Gasteiger partial charge in [0.25, 0.3) is 0 Å². The van der Waals surface area contributed by atoms with E-state index in [0.29, 0.717) is 0 Å². The number of hydrogen-bond acceptors (Lipinski definition) is 3. The highest BCUT2D eigenvalue weighted by Crippen LogP contribution is 2.24. The summed E-state index contributed by atoms with van der Waals surface area (Å²) in [5, 5.41) is 0. The van der Waals surface area contributed by atoms with Gasteiger partial charge in [-0.15, -0.1) is 0 Å². The van der Waals surface area contributed by atoms with Crippen LogP contribution in [0.1, 0.15) is 40.5 Å². The molecule has 4 nitrogen and oxygen atoms in total. The van der Waals surface area contributed by atoms with E-state index in [4.69, 9.17) is 0 Å². The maximum absolute atomic E-state index is 13.1. The Kier molecular flexibility index (Phi) is 15.3. The number of halogens is 6. The van der Waals surface area contributed by atoms with Gasteiger partial charge in [0.1, 0.15) is 12.3 Å². The van der Waals surface area contributed by atoms with Crippen LogP contribution in [0.3, 0.4) is 0 Å². The van der Waals surface area contributed by atoms with Gasteiger partial charge in [0.2, 0.25) is 0 Å². The molecule has 0 aromatic rings. The Bertz CT molecular complexity index is 476. The predicted molar refractivity (Wildman–Crippen MR) is 96.7 cm³/mol. The molecular weight excluding hydrogens is 412 g/mol. The summed E-state index contributed by atoms with van der Waals surface area (Å²) in [7, 11) is -5.16. The van der Waals surface area contributed by atoms with E-state index < -0.39 is 66.2 Å².